The molecule has 0 amide bonds. The molecule has 0 saturated carbocycles. The van der Waals surface area contributed by atoms with Crippen LogP contribution in [-0.2, 0) is 7.05 Å². The first-order chi connectivity index (χ1) is 9.72. The second kappa shape index (κ2) is 5.32. The topological polar surface area (TPSA) is 68.8 Å². The van der Waals surface area contributed by atoms with Crippen LogP contribution in [0.2, 0.25) is 0 Å². The molecule has 3 N–H and O–H groups in total. The fourth-order valence-corrected chi connectivity index (χ4v) is 3.01. The molecular weight excluding hydrogens is 318 g/mol. The molecule has 2 heterocycles. The van der Waals surface area contributed by atoms with Crippen LogP contribution in [0.25, 0.3) is 10.9 Å². The summed E-state index contributed by atoms with van der Waals surface area (Å²) in [5.74, 6) is 5.79. The van der Waals surface area contributed by atoms with Crippen LogP contribution >= 0.6 is 15.9 Å². The minimum absolute atomic E-state index is 0.162. The van der Waals surface area contributed by atoms with Crippen molar-refractivity contribution in [2.24, 2.45) is 12.9 Å². The number of rotatable bonds is 3. The number of nitrogens with one attached hydrogen (secondary N) is 1. The molecule has 0 saturated heterocycles. The van der Waals surface area contributed by atoms with E-state index in [0.717, 1.165) is 26.6 Å². The largest absolute Gasteiger partial charge is 0.271 e. The number of hydrogen-bond donors (Lipinski definition) is 2. The third-order valence-electron chi connectivity index (χ3n) is 3.37. The fraction of sp³-hybridized carbons (Fsp3) is 0.143. The highest BCUT2D eigenvalue weighted by Crippen LogP contribution is 2.31. The average molecular weight is 332 g/mol. The lowest BCUT2D eigenvalue weighted by molar-refractivity contribution is 0.575. The summed E-state index contributed by atoms with van der Waals surface area (Å²) in [4.78, 5) is 4.38. The summed E-state index contributed by atoms with van der Waals surface area (Å²) in [7, 11) is 1.90. The van der Waals surface area contributed by atoms with Crippen molar-refractivity contribution >= 4 is 26.8 Å². The minimum atomic E-state index is -0.162. The van der Waals surface area contributed by atoms with Gasteiger partial charge in [-0.15, -0.1) is 0 Å². The van der Waals surface area contributed by atoms with Crippen molar-refractivity contribution in [3.05, 3.63) is 58.5 Å². The lowest BCUT2D eigenvalue weighted by Crippen LogP contribution is -2.30. The SMILES string of the molecule is Cn1ncc(Br)c1C(NN)c1ccnc2ccccc12. The molecule has 0 radical (unpaired) electrons. The Morgan fingerprint density at radius 1 is 1.30 bits per heavy atom. The maximum absolute atomic E-state index is 5.79. The van der Waals surface area contributed by atoms with E-state index in [1.54, 1.807) is 12.4 Å². The van der Waals surface area contributed by atoms with Crippen molar-refractivity contribution in [2.75, 3.05) is 0 Å². The molecule has 0 spiro atoms. The highest BCUT2D eigenvalue weighted by molar-refractivity contribution is 9.10. The number of nitrogens with two attached hydrogens (primary N) is 1. The van der Waals surface area contributed by atoms with Gasteiger partial charge in [-0.1, -0.05) is 18.2 Å². The molecule has 3 aromatic rings. The molecule has 2 aromatic heterocycles. The summed E-state index contributed by atoms with van der Waals surface area (Å²) >= 11 is 3.53. The third kappa shape index (κ3) is 2.11. The molecule has 0 bridgehead atoms. The van der Waals surface area contributed by atoms with E-state index in [-0.39, 0.29) is 6.04 Å². The van der Waals surface area contributed by atoms with Gasteiger partial charge in [0, 0.05) is 18.6 Å². The molecule has 0 aliphatic rings. The van der Waals surface area contributed by atoms with E-state index in [2.05, 4.69) is 31.4 Å². The van der Waals surface area contributed by atoms with Gasteiger partial charge in [0.1, 0.15) is 0 Å². The summed E-state index contributed by atoms with van der Waals surface area (Å²) in [6, 6.07) is 9.83. The lowest BCUT2D eigenvalue weighted by Gasteiger charge is -2.19. The number of hydrogen-bond acceptors (Lipinski definition) is 4. The zero-order valence-electron chi connectivity index (χ0n) is 10.9. The molecule has 3 rings (SSSR count). The Morgan fingerprint density at radius 2 is 2.10 bits per heavy atom. The van der Waals surface area contributed by atoms with Gasteiger partial charge in [0.05, 0.1) is 27.9 Å². The molecule has 1 aromatic carbocycles. The van der Waals surface area contributed by atoms with Gasteiger partial charge in [-0.05, 0) is 33.6 Å². The van der Waals surface area contributed by atoms with E-state index in [9.17, 15) is 0 Å². The maximum atomic E-state index is 5.79. The van der Waals surface area contributed by atoms with E-state index in [1.807, 2.05) is 42.1 Å². The second-order valence-electron chi connectivity index (χ2n) is 4.52. The van der Waals surface area contributed by atoms with Gasteiger partial charge in [-0.25, -0.2) is 5.43 Å². The zero-order chi connectivity index (χ0) is 14.1. The van der Waals surface area contributed by atoms with Crippen LogP contribution in [-0.4, -0.2) is 14.8 Å². The van der Waals surface area contributed by atoms with E-state index in [4.69, 9.17) is 5.84 Å². The third-order valence-corrected chi connectivity index (χ3v) is 3.98. The summed E-state index contributed by atoms with van der Waals surface area (Å²) < 4.78 is 2.73. The van der Waals surface area contributed by atoms with Gasteiger partial charge >= 0.3 is 0 Å². The van der Waals surface area contributed by atoms with Crippen LogP contribution in [0.5, 0.6) is 0 Å². The number of pyridine rings is 1. The average Bonchev–Trinajstić information content (AvgIpc) is 2.81. The smallest absolute Gasteiger partial charge is 0.0896 e. The highest BCUT2D eigenvalue weighted by atomic mass is 79.9. The number of fused-ring (bicyclic) bond motifs is 1. The van der Waals surface area contributed by atoms with Gasteiger partial charge < -0.3 is 0 Å². The van der Waals surface area contributed by atoms with Crippen LogP contribution in [0, 0.1) is 0 Å². The van der Waals surface area contributed by atoms with Crippen LogP contribution < -0.4 is 11.3 Å². The number of aryl methyl sites for hydroxylation is 1. The normalized spacial score (nSPS) is 12.8. The van der Waals surface area contributed by atoms with Crippen molar-refractivity contribution in [1.82, 2.24) is 20.2 Å². The van der Waals surface area contributed by atoms with Gasteiger partial charge in [0.15, 0.2) is 0 Å². The van der Waals surface area contributed by atoms with Gasteiger partial charge in [0.25, 0.3) is 0 Å². The Bertz CT molecular complexity index is 727. The Kier molecular flexibility index (Phi) is 3.52. The van der Waals surface area contributed by atoms with Crippen molar-refractivity contribution in [2.45, 2.75) is 6.04 Å². The summed E-state index contributed by atoms with van der Waals surface area (Å²) in [6.07, 6.45) is 3.56. The first-order valence-corrected chi connectivity index (χ1v) is 6.99. The molecule has 0 fully saturated rings. The van der Waals surface area contributed by atoms with Crippen molar-refractivity contribution in [3.8, 4) is 0 Å². The maximum Gasteiger partial charge on any atom is 0.0896 e. The monoisotopic (exact) mass is 331 g/mol. The highest BCUT2D eigenvalue weighted by Gasteiger charge is 2.21. The molecular formula is C14H14BrN5. The predicted octanol–water partition coefficient (Wildman–Crippen LogP) is 2.28. The van der Waals surface area contributed by atoms with Crippen LogP contribution in [0.15, 0.2) is 47.2 Å². The Labute approximate surface area is 124 Å². The predicted molar refractivity (Wildman–Crippen MR) is 81.8 cm³/mol. The van der Waals surface area contributed by atoms with Gasteiger partial charge in [0.2, 0.25) is 0 Å². The molecule has 0 aliphatic carbocycles. The number of para-hydroxylation sites is 1. The number of aromatic nitrogens is 3. The van der Waals surface area contributed by atoms with E-state index < -0.39 is 0 Å². The molecule has 1 unspecified atom stereocenters. The molecule has 5 nitrogen and oxygen atoms in total. The Balaban J connectivity index is 2.22. The Morgan fingerprint density at radius 3 is 2.80 bits per heavy atom. The minimum Gasteiger partial charge on any atom is -0.271 e. The van der Waals surface area contributed by atoms with Gasteiger partial charge in [-0.2, -0.15) is 5.10 Å². The number of nitrogens with zero attached hydrogens (tertiary/aromatic N) is 3. The standard InChI is InChI=1S/C14H14BrN5/c1-20-14(11(15)8-18-20)13(19-16)10-6-7-17-12-5-3-2-4-9(10)12/h2-8,13,19H,16H2,1H3. The number of hydrazine groups is 1. The molecule has 102 valence electrons. The van der Waals surface area contributed by atoms with E-state index >= 15 is 0 Å². The quantitative estimate of drug-likeness (QED) is 0.570. The molecule has 0 aliphatic heterocycles. The van der Waals surface area contributed by atoms with Crippen LogP contribution in [0.3, 0.4) is 0 Å². The number of halogens is 1. The summed E-state index contributed by atoms with van der Waals surface area (Å²) in [5, 5.41) is 5.32. The van der Waals surface area contributed by atoms with Gasteiger partial charge in [-0.3, -0.25) is 15.5 Å². The Hall–Kier alpha value is -1.76. The van der Waals surface area contributed by atoms with Crippen molar-refractivity contribution < 1.29 is 0 Å². The second-order valence-corrected chi connectivity index (χ2v) is 5.37. The van der Waals surface area contributed by atoms with E-state index in [1.165, 1.54) is 0 Å². The lowest BCUT2D eigenvalue weighted by atomic mass is 10.00. The first-order valence-electron chi connectivity index (χ1n) is 6.19. The zero-order valence-corrected chi connectivity index (χ0v) is 12.5. The van der Waals surface area contributed by atoms with Crippen LogP contribution in [0.4, 0.5) is 0 Å². The molecule has 1 atom stereocenters. The van der Waals surface area contributed by atoms with Crippen molar-refractivity contribution in [3.63, 3.8) is 0 Å². The fourth-order valence-electron chi connectivity index (χ4n) is 2.43. The summed E-state index contributed by atoms with van der Waals surface area (Å²) in [5.41, 5.74) is 5.87. The van der Waals surface area contributed by atoms with Crippen LogP contribution in [0.1, 0.15) is 17.3 Å². The number of benzene rings is 1. The van der Waals surface area contributed by atoms with Crippen molar-refractivity contribution in [1.29, 1.82) is 0 Å². The first kappa shape index (κ1) is 13.2. The molecule has 20 heavy (non-hydrogen) atoms. The molecule has 6 heteroatoms. The summed E-state index contributed by atoms with van der Waals surface area (Å²) in [6.45, 7) is 0. The van der Waals surface area contributed by atoms with E-state index in [0.29, 0.717) is 0 Å².